The zero-order valence-corrected chi connectivity index (χ0v) is 19.9. The van der Waals surface area contributed by atoms with Gasteiger partial charge in [0.05, 0.1) is 41.8 Å². The Kier molecular flexibility index (Phi) is 9.13. The number of hydrogen-bond acceptors (Lipinski definition) is 6. The molecule has 1 aliphatic rings. The maximum atomic E-state index is 13.1. The smallest absolute Gasteiger partial charge is 0.416 e. The fraction of sp³-hybridized carbons (Fsp3) is 0.542. The summed E-state index contributed by atoms with van der Waals surface area (Å²) >= 11 is 0. The van der Waals surface area contributed by atoms with Gasteiger partial charge in [-0.3, -0.25) is 9.48 Å². The molecule has 0 saturated carbocycles. The van der Waals surface area contributed by atoms with Crippen molar-refractivity contribution < 1.29 is 37.0 Å². The van der Waals surface area contributed by atoms with Crippen LogP contribution in [0, 0.1) is 0 Å². The number of nitrogens with one attached hydrogen (secondary N) is 1. The number of nitrogens with zero attached hydrogens (tertiary/aromatic N) is 2. The van der Waals surface area contributed by atoms with Crippen LogP contribution in [0.25, 0.3) is 0 Å². The van der Waals surface area contributed by atoms with Gasteiger partial charge >= 0.3 is 12.1 Å². The van der Waals surface area contributed by atoms with E-state index in [-0.39, 0.29) is 23.8 Å². The predicted molar refractivity (Wildman–Crippen MR) is 121 cm³/mol. The average molecular weight is 498 g/mol. The molecule has 0 spiro atoms. The normalized spacial score (nSPS) is 15.1. The summed E-state index contributed by atoms with van der Waals surface area (Å²) in [6.45, 7) is 3.98. The summed E-state index contributed by atoms with van der Waals surface area (Å²) in [5.74, 6) is -1.12. The number of aromatic nitrogens is 2. The van der Waals surface area contributed by atoms with Crippen molar-refractivity contribution in [3.63, 3.8) is 0 Å². The molecule has 1 amide bonds. The van der Waals surface area contributed by atoms with Crippen LogP contribution in [-0.2, 0) is 35.0 Å². The molecule has 0 aliphatic carbocycles. The van der Waals surface area contributed by atoms with Gasteiger partial charge in [-0.25, -0.2) is 4.79 Å². The summed E-state index contributed by atoms with van der Waals surface area (Å²) in [7, 11) is 1.22. The fourth-order valence-corrected chi connectivity index (χ4v) is 3.87. The van der Waals surface area contributed by atoms with Gasteiger partial charge < -0.3 is 19.5 Å². The Morgan fingerprint density at radius 2 is 2.00 bits per heavy atom. The monoisotopic (exact) mass is 497 g/mol. The molecule has 1 aromatic carbocycles. The molecule has 1 aliphatic heterocycles. The second-order valence-corrected chi connectivity index (χ2v) is 8.11. The molecule has 0 bridgehead atoms. The number of aryl methyl sites for hydroxylation is 2. The fourth-order valence-electron chi connectivity index (χ4n) is 3.87. The number of carbonyl (C=O) groups excluding carboxylic acids is 2. The Hall–Kier alpha value is -3.08. The zero-order chi connectivity index (χ0) is 25.4. The summed E-state index contributed by atoms with van der Waals surface area (Å²) in [5, 5.41) is 7.52. The molecule has 0 fully saturated rings. The van der Waals surface area contributed by atoms with Crippen LogP contribution in [-0.4, -0.2) is 55.1 Å². The molecule has 0 radical (unpaired) electrons. The number of carbonyl (C=O) groups is 2. The number of rotatable bonds is 7. The third-order valence-corrected chi connectivity index (χ3v) is 5.60. The van der Waals surface area contributed by atoms with Gasteiger partial charge in [0, 0.05) is 32.7 Å². The quantitative estimate of drug-likeness (QED) is 0.462. The molecule has 2 aromatic rings. The van der Waals surface area contributed by atoms with E-state index >= 15 is 0 Å². The van der Waals surface area contributed by atoms with Crippen LogP contribution in [0.1, 0.15) is 63.9 Å². The van der Waals surface area contributed by atoms with Gasteiger partial charge in [-0.15, -0.1) is 0 Å². The summed E-state index contributed by atoms with van der Waals surface area (Å²) in [6, 6.07) is 2.76. The van der Waals surface area contributed by atoms with E-state index in [1.807, 2.05) is 6.92 Å². The summed E-state index contributed by atoms with van der Waals surface area (Å²) in [5.41, 5.74) is 0.858. The molecule has 0 atom stereocenters. The van der Waals surface area contributed by atoms with Crippen LogP contribution in [0.15, 0.2) is 18.2 Å². The summed E-state index contributed by atoms with van der Waals surface area (Å²) in [4.78, 5) is 25.2. The Labute approximate surface area is 201 Å². The number of alkyl halides is 3. The van der Waals surface area contributed by atoms with Gasteiger partial charge in [0.25, 0.3) is 5.91 Å². The van der Waals surface area contributed by atoms with Gasteiger partial charge in [-0.1, -0.05) is 6.92 Å². The van der Waals surface area contributed by atoms with Crippen molar-refractivity contribution in [2.45, 2.75) is 51.7 Å². The highest BCUT2D eigenvalue weighted by Crippen LogP contribution is 2.32. The third kappa shape index (κ3) is 6.97. The molecule has 0 saturated heterocycles. The SMILES string of the molecule is CCc1nn(CCCOC(=O)c2cc(OC)cc(C(F)(F)F)c2)c2c1C(=O)NCCCOCCC2. The first-order chi connectivity index (χ1) is 16.7. The minimum atomic E-state index is -4.62. The Bertz CT molecular complexity index is 1040. The van der Waals surface area contributed by atoms with E-state index in [1.165, 1.54) is 13.2 Å². The molecular weight excluding hydrogens is 467 g/mol. The van der Waals surface area contributed by atoms with E-state index < -0.39 is 17.7 Å². The van der Waals surface area contributed by atoms with Gasteiger partial charge in [-0.2, -0.15) is 18.3 Å². The number of benzene rings is 1. The second-order valence-electron chi connectivity index (χ2n) is 8.11. The highest BCUT2D eigenvalue weighted by atomic mass is 19.4. The lowest BCUT2D eigenvalue weighted by atomic mass is 10.1. The first-order valence-corrected chi connectivity index (χ1v) is 11.6. The number of methoxy groups -OCH3 is 1. The van der Waals surface area contributed by atoms with Crippen LogP contribution in [0.4, 0.5) is 13.2 Å². The Morgan fingerprint density at radius 1 is 1.23 bits per heavy atom. The third-order valence-electron chi connectivity index (χ3n) is 5.60. The van der Waals surface area contributed by atoms with E-state index in [1.54, 1.807) is 4.68 Å². The van der Waals surface area contributed by atoms with E-state index in [4.69, 9.17) is 14.2 Å². The highest BCUT2D eigenvalue weighted by Gasteiger charge is 2.32. The first kappa shape index (κ1) is 26.5. The van der Waals surface area contributed by atoms with Crippen molar-refractivity contribution in [2.75, 3.05) is 33.5 Å². The number of esters is 1. The van der Waals surface area contributed by atoms with Crippen molar-refractivity contribution in [1.29, 1.82) is 0 Å². The van der Waals surface area contributed by atoms with Gasteiger partial charge in [0.1, 0.15) is 5.75 Å². The van der Waals surface area contributed by atoms with Crippen LogP contribution in [0.5, 0.6) is 5.75 Å². The Morgan fingerprint density at radius 3 is 2.71 bits per heavy atom. The van der Waals surface area contributed by atoms with Crippen LogP contribution in [0.3, 0.4) is 0 Å². The largest absolute Gasteiger partial charge is 0.497 e. The van der Waals surface area contributed by atoms with Crippen LogP contribution < -0.4 is 10.1 Å². The molecule has 1 aromatic heterocycles. The molecular formula is C24H30F3N3O5. The zero-order valence-electron chi connectivity index (χ0n) is 19.9. The molecule has 35 heavy (non-hydrogen) atoms. The van der Waals surface area contributed by atoms with Crippen molar-refractivity contribution >= 4 is 11.9 Å². The number of fused-ring (bicyclic) bond motifs is 1. The van der Waals surface area contributed by atoms with Crippen molar-refractivity contribution in [3.05, 3.63) is 46.3 Å². The molecule has 2 heterocycles. The maximum Gasteiger partial charge on any atom is 0.416 e. The van der Waals surface area contributed by atoms with E-state index in [9.17, 15) is 22.8 Å². The molecule has 1 N–H and O–H groups in total. The maximum absolute atomic E-state index is 13.1. The van der Waals surface area contributed by atoms with Gasteiger partial charge in [-0.05, 0) is 43.9 Å². The topological polar surface area (TPSA) is 91.7 Å². The standard InChI is InChI=1S/C24H30F3N3O5/c1-3-19-21-20(7-4-10-34-11-5-8-28-22(21)31)30(29-19)9-6-12-35-23(32)16-13-17(24(25,26)27)15-18(14-16)33-2/h13-15H,3-12H2,1-2H3,(H,28,31). The minimum Gasteiger partial charge on any atom is -0.497 e. The lowest BCUT2D eigenvalue weighted by molar-refractivity contribution is -0.137. The lowest BCUT2D eigenvalue weighted by Crippen LogP contribution is -2.26. The van der Waals surface area contributed by atoms with E-state index in [0.29, 0.717) is 56.8 Å². The second kappa shape index (κ2) is 12.1. The number of hydrogen-bond donors (Lipinski definition) is 1. The number of amides is 1. The summed E-state index contributed by atoms with van der Waals surface area (Å²) in [6.07, 6.45) is -1.57. The van der Waals surface area contributed by atoms with Gasteiger partial charge in [0.15, 0.2) is 0 Å². The van der Waals surface area contributed by atoms with E-state index in [0.717, 1.165) is 30.7 Å². The molecule has 8 nitrogen and oxygen atoms in total. The van der Waals surface area contributed by atoms with Gasteiger partial charge in [0.2, 0.25) is 0 Å². The average Bonchev–Trinajstić information content (AvgIpc) is 3.17. The van der Waals surface area contributed by atoms with Crippen molar-refractivity contribution in [1.82, 2.24) is 15.1 Å². The molecule has 3 rings (SSSR count). The van der Waals surface area contributed by atoms with E-state index in [2.05, 4.69) is 10.4 Å². The van der Waals surface area contributed by atoms with Crippen LogP contribution >= 0.6 is 0 Å². The minimum absolute atomic E-state index is 0.0250. The number of halogens is 3. The predicted octanol–water partition coefficient (Wildman–Crippen LogP) is 3.80. The van der Waals surface area contributed by atoms with Crippen LogP contribution in [0.2, 0.25) is 0 Å². The number of ether oxygens (including phenoxy) is 3. The molecule has 192 valence electrons. The lowest BCUT2D eigenvalue weighted by Gasteiger charge is -2.12. The Balaban J connectivity index is 1.67. The first-order valence-electron chi connectivity index (χ1n) is 11.6. The molecule has 11 heteroatoms. The molecule has 0 unspecified atom stereocenters. The van der Waals surface area contributed by atoms with Crippen molar-refractivity contribution in [3.8, 4) is 5.75 Å². The summed E-state index contributed by atoms with van der Waals surface area (Å²) < 4.78 is 56.8. The van der Waals surface area contributed by atoms with Crippen molar-refractivity contribution in [2.24, 2.45) is 0 Å². The highest BCUT2D eigenvalue weighted by molar-refractivity contribution is 5.96.